The normalized spacial score (nSPS) is 10.1. The maximum atomic E-state index is 11.2. The number of carbonyl (C=O) groups excluding carboxylic acids is 2. The van der Waals surface area contributed by atoms with Gasteiger partial charge in [-0.15, -0.1) is 0 Å². The smallest absolute Gasteiger partial charge is 0.275 e. The van der Waals surface area contributed by atoms with E-state index in [1.54, 1.807) is 24.3 Å². The Hall–Kier alpha value is -3.22. The number of anilines is 1. The van der Waals surface area contributed by atoms with Crippen molar-refractivity contribution in [3.8, 4) is 0 Å². The molecule has 0 atom stereocenters. The van der Waals surface area contributed by atoms with Gasteiger partial charge in [0.1, 0.15) is 0 Å². The van der Waals surface area contributed by atoms with Gasteiger partial charge in [0, 0.05) is 35.0 Å². The largest absolute Gasteiger partial charge is 0.381 e. The van der Waals surface area contributed by atoms with E-state index >= 15 is 0 Å². The number of nitrogens with zero attached hydrogens (tertiary/aromatic N) is 1. The summed E-state index contributed by atoms with van der Waals surface area (Å²) in [4.78, 5) is 32.9. The number of carbonyl (C=O) groups is 2. The van der Waals surface area contributed by atoms with Crippen molar-refractivity contribution in [1.82, 2.24) is 0 Å². The number of amides is 1. The number of hydrogen-bond donors (Lipinski definition) is 2. The summed E-state index contributed by atoms with van der Waals surface area (Å²) < 4.78 is 0. The summed E-state index contributed by atoms with van der Waals surface area (Å²) in [5.41, 5.74) is 6.79. The number of benzene rings is 2. The molecule has 118 valence electrons. The number of hydrogen-bond acceptors (Lipinski definition) is 5. The summed E-state index contributed by atoms with van der Waals surface area (Å²) in [6, 6.07) is 10.9. The van der Waals surface area contributed by atoms with Gasteiger partial charge in [-0.05, 0) is 43.3 Å². The van der Waals surface area contributed by atoms with Gasteiger partial charge in [0.15, 0.2) is 5.78 Å². The van der Waals surface area contributed by atoms with E-state index in [0.29, 0.717) is 11.1 Å². The van der Waals surface area contributed by atoms with E-state index in [9.17, 15) is 19.7 Å². The highest BCUT2D eigenvalue weighted by molar-refractivity contribution is 5.94. The first-order chi connectivity index (χ1) is 10.9. The molecule has 0 unspecified atom stereocenters. The van der Waals surface area contributed by atoms with Gasteiger partial charge in [-0.25, -0.2) is 0 Å². The maximum Gasteiger partial charge on any atom is 0.275 e. The van der Waals surface area contributed by atoms with Gasteiger partial charge >= 0.3 is 0 Å². The van der Waals surface area contributed by atoms with Crippen LogP contribution in [-0.2, 0) is 6.54 Å². The van der Waals surface area contributed by atoms with E-state index < -0.39 is 10.8 Å². The zero-order valence-corrected chi connectivity index (χ0v) is 12.4. The summed E-state index contributed by atoms with van der Waals surface area (Å²) in [6.45, 7) is 1.68. The van der Waals surface area contributed by atoms with Crippen LogP contribution in [-0.4, -0.2) is 16.6 Å². The third-order valence-electron chi connectivity index (χ3n) is 3.34. The molecule has 0 radical (unpaired) electrons. The molecule has 0 heterocycles. The minimum Gasteiger partial charge on any atom is -0.381 e. The van der Waals surface area contributed by atoms with Crippen molar-refractivity contribution >= 4 is 23.1 Å². The number of ketones is 1. The summed E-state index contributed by atoms with van der Waals surface area (Å²) >= 11 is 0. The van der Waals surface area contributed by atoms with Crippen LogP contribution in [0, 0.1) is 10.1 Å². The minimum absolute atomic E-state index is 0.0331. The van der Waals surface area contributed by atoms with Crippen molar-refractivity contribution in [3.05, 3.63) is 69.3 Å². The molecule has 0 saturated heterocycles. The second-order valence-electron chi connectivity index (χ2n) is 4.95. The molecule has 0 fully saturated rings. The zero-order valence-electron chi connectivity index (χ0n) is 12.4. The van der Waals surface area contributed by atoms with Gasteiger partial charge in [0.2, 0.25) is 5.91 Å². The Morgan fingerprint density at radius 2 is 1.74 bits per heavy atom. The quantitative estimate of drug-likeness (QED) is 0.483. The van der Waals surface area contributed by atoms with Gasteiger partial charge in [-0.2, -0.15) is 0 Å². The standard InChI is InChI=1S/C16H15N3O4/c1-10(20)11-4-6-14(7-5-11)18-9-13-3-2-12(16(17)21)8-15(13)19(22)23/h2-8,18H,9H2,1H3,(H2,17,21). The molecule has 2 aromatic carbocycles. The lowest BCUT2D eigenvalue weighted by Crippen LogP contribution is -2.12. The lowest BCUT2D eigenvalue weighted by Gasteiger charge is -2.08. The first-order valence-electron chi connectivity index (χ1n) is 6.80. The molecule has 0 aromatic heterocycles. The van der Waals surface area contributed by atoms with Crippen LogP contribution in [0.25, 0.3) is 0 Å². The monoisotopic (exact) mass is 313 g/mol. The number of nitrogens with two attached hydrogens (primary N) is 1. The molecule has 23 heavy (non-hydrogen) atoms. The maximum absolute atomic E-state index is 11.2. The van der Waals surface area contributed by atoms with Gasteiger partial charge < -0.3 is 11.1 Å². The fraction of sp³-hybridized carbons (Fsp3) is 0.125. The van der Waals surface area contributed by atoms with Crippen molar-refractivity contribution in [2.75, 3.05) is 5.32 Å². The molecular formula is C16H15N3O4. The molecule has 0 bridgehead atoms. The first kappa shape index (κ1) is 16.2. The topological polar surface area (TPSA) is 115 Å². The average Bonchev–Trinajstić information content (AvgIpc) is 2.52. The van der Waals surface area contributed by atoms with E-state index in [2.05, 4.69) is 5.32 Å². The Bertz CT molecular complexity index is 769. The first-order valence-corrected chi connectivity index (χ1v) is 6.80. The van der Waals surface area contributed by atoms with E-state index in [0.717, 1.165) is 11.8 Å². The van der Waals surface area contributed by atoms with Crippen LogP contribution in [0.2, 0.25) is 0 Å². The van der Waals surface area contributed by atoms with Crippen LogP contribution in [0.1, 0.15) is 33.2 Å². The Kier molecular flexibility index (Phi) is 4.70. The zero-order chi connectivity index (χ0) is 17.0. The Morgan fingerprint density at radius 1 is 1.13 bits per heavy atom. The number of nitrogens with one attached hydrogen (secondary N) is 1. The molecule has 0 aliphatic rings. The Balaban J connectivity index is 2.18. The van der Waals surface area contributed by atoms with Crippen molar-refractivity contribution in [1.29, 1.82) is 0 Å². The van der Waals surface area contributed by atoms with E-state index in [1.165, 1.54) is 19.1 Å². The van der Waals surface area contributed by atoms with Crippen LogP contribution in [0.4, 0.5) is 11.4 Å². The highest BCUT2D eigenvalue weighted by Gasteiger charge is 2.16. The lowest BCUT2D eigenvalue weighted by molar-refractivity contribution is -0.385. The Labute approximate surface area is 132 Å². The number of Topliss-reactive ketones (excluding diaryl/α,β-unsaturated/α-hetero) is 1. The summed E-state index contributed by atoms with van der Waals surface area (Å²) in [6.07, 6.45) is 0. The lowest BCUT2D eigenvalue weighted by atomic mass is 10.1. The van der Waals surface area contributed by atoms with Crippen molar-refractivity contribution < 1.29 is 14.5 Å². The molecule has 2 aromatic rings. The van der Waals surface area contributed by atoms with Crippen molar-refractivity contribution in [2.45, 2.75) is 13.5 Å². The third-order valence-corrected chi connectivity index (χ3v) is 3.34. The van der Waals surface area contributed by atoms with Gasteiger partial charge in [-0.1, -0.05) is 0 Å². The van der Waals surface area contributed by atoms with Gasteiger partial charge in [0.05, 0.1) is 4.92 Å². The average molecular weight is 313 g/mol. The fourth-order valence-corrected chi connectivity index (χ4v) is 2.06. The molecule has 0 saturated carbocycles. The Morgan fingerprint density at radius 3 is 2.26 bits per heavy atom. The van der Waals surface area contributed by atoms with Gasteiger partial charge in [0.25, 0.3) is 5.69 Å². The molecular weight excluding hydrogens is 298 g/mol. The minimum atomic E-state index is -0.715. The van der Waals surface area contributed by atoms with Crippen LogP contribution < -0.4 is 11.1 Å². The van der Waals surface area contributed by atoms with E-state index in [-0.39, 0.29) is 23.6 Å². The van der Waals surface area contributed by atoms with Gasteiger partial charge in [-0.3, -0.25) is 19.7 Å². The number of nitro benzene ring substituents is 1. The van der Waals surface area contributed by atoms with E-state index in [4.69, 9.17) is 5.73 Å². The summed E-state index contributed by atoms with van der Waals surface area (Å²) in [5, 5.41) is 14.2. The number of nitro groups is 1. The van der Waals surface area contributed by atoms with Crippen molar-refractivity contribution in [2.24, 2.45) is 5.73 Å². The second kappa shape index (κ2) is 6.69. The van der Waals surface area contributed by atoms with E-state index in [1.807, 2.05) is 0 Å². The molecule has 7 nitrogen and oxygen atoms in total. The third kappa shape index (κ3) is 3.91. The van der Waals surface area contributed by atoms with Crippen LogP contribution in [0.5, 0.6) is 0 Å². The molecule has 0 aliphatic carbocycles. The SMILES string of the molecule is CC(=O)c1ccc(NCc2ccc(C(N)=O)cc2[N+](=O)[O-])cc1. The number of primary amides is 1. The summed E-state index contributed by atoms with van der Waals surface area (Å²) in [7, 11) is 0. The number of rotatable bonds is 6. The molecule has 1 amide bonds. The fourth-order valence-electron chi connectivity index (χ4n) is 2.06. The molecule has 0 aliphatic heterocycles. The molecule has 7 heteroatoms. The summed E-state index contributed by atoms with van der Waals surface area (Å²) in [5.74, 6) is -0.748. The van der Waals surface area contributed by atoms with Crippen LogP contribution in [0.3, 0.4) is 0 Å². The second-order valence-corrected chi connectivity index (χ2v) is 4.95. The molecule has 0 spiro atoms. The molecule has 2 rings (SSSR count). The highest BCUT2D eigenvalue weighted by atomic mass is 16.6. The van der Waals surface area contributed by atoms with Crippen molar-refractivity contribution in [3.63, 3.8) is 0 Å². The predicted molar refractivity (Wildman–Crippen MR) is 85.4 cm³/mol. The molecule has 3 N–H and O–H groups in total. The predicted octanol–water partition coefficient (Wildman–Crippen LogP) is 2.51. The van der Waals surface area contributed by atoms with Crippen LogP contribution in [0.15, 0.2) is 42.5 Å². The van der Waals surface area contributed by atoms with Crippen LogP contribution >= 0.6 is 0 Å². The highest BCUT2D eigenvalue weighted by Crippen LogP contribution is 2.22.